The Morgan fingerprint density at radius 1 is 1.12 bits per heavy atom. The molecule has 3 aliphatic rings. The van der Waals surface area contributed by atoms with Gasteiger partial charge in [-0.3, -0.25) is 14.4 Å². The number of fused-ring (bicyclic) bond motifs is 5. The summed E-state index contributed by atoms with van der Waals surface area (Å²) < 4.78 is 32.3. The van der Waals surface area contributed by atoms with Crippen LogP contribution < -0.4 is 5.73 Å². The van der Waals surface area contributed by atoms with Crippen LogP contribution in [0.5, 0.6) is 0 Å². The SMILES string of the molecule is CC[C@@H]1OC(=O)[C@H](C)C(=O)[C@H](C)[C@@H](O[C@@H]2O[C@H](C)C[C@H](N(C)C)[C@H]2O)[C@@]2(C)C[C@@H](C)C(=NC(C)=O)C[C@H](OC/C(=N/OCc3ccc(-c4cccc(N)n4)s3)CO2)[C@]1(C)O. The second kappa shape index (κ2) is 20.0. The number of amides is 1. The zero-order valence-electron chi connectivity index (χ0n) is 36.5. The van der Waals surface area contributed by atoms with E-state index >= 15 is 0 Å². The van der Waals surface area contributed by atoms with Crippen molar-refractivity contribution in [1.29, 1.82) is 0 Å². The molecule has 12 atom stereocenters. The first-order valence-electron chi connectivity index (χ1n) is 20.7. The number of nitrogen functional groups attached to an aromatic ring is 1. The minimum atomic E-state index is -1.83. The summed E-state index contributed by atoms with van der Waals surface area (Å²) in [5.74, 6) is -4.16. The van der Waals surface area contributed by atoms with Gasteiger partial charge in [-0.25, -0.2) is 9.98 Å². The maximum absolute atomic E-state index is 14.5. The average molecular weight is 858 g/mol. The normalized spacial score (nSPS) is 36.4. The summed E-state index contributed by atoms with van der Waals surface area (Å²) in [5.41, 5.74) is 4.13. The number of esters is 1. The molecule has 0 unspecified atom stereocenters. The number of carbonyl (C=O) groups excluding carboxylic acids is 3. The highest BCUT2D eigenvalue weighted by Crippen LogP contribution is 2.39. The van der Waals surface area contributed by atoms with Crippen molar-refractivity contribution >= 4 is 46.2 Å². The van der Waals surface area contributed by atoms with Crippen molar-refractivity contribution in [3.05, 3.63) is 35.2 Å². The van der Waals surface area contributed by atoms with Gasteiger partial charge in [-0.05, 0) is 91.2 Å². The first-order chi connectivity index (χ1) is 28.2. The lowest BCUT2D eigenvalue weighted by atomic mass is 9.76. The van der Waals surface area contributed by atoms with Gasteiger partial charge in [0.1, 0.15) is 35.3 Å². The van der Waals surface area contributed by atoms with Crippen molar-refractivity contribution < 1.29 is 53.1 Å². The number of oxime groups is 1. The van der Waals surface area contributed by atoms with Crippen LogP contribution in [-0.2, 0) is 49.5 Å². The van der Waals surface area contributed by atoms with Crippen LogP contribution in [-0.4, -0.2) is 131 Å². The summed E-state index contributed by atoms with van der Waals surface area (Å²) in [7, 11) is 3.73. The van der Waals surface area contributed by atoms with E-state index < -0.39 is 77.3 Å². The number of pyridine rings is 1. The van der Waals surface area contributed by atoms with Crippen molar-refractivity contribution in [2.75, 3.05) is 33.0 Å². The molecule has 17 heteroatoms. The molecule has 3 aliphatic heterocycles. The standard InChI is InChI=1S/C43H63N5O11S/c1-11-34-43(8,53)35-18-31(45-27(6)49)23(2)19-42(7,55-21-28(20-54-35)47-56-22-29-15-16-33(60-29)30-13-12-14-36(44)46-30)39(25(4)37(50)26(5)40(52)58-34)59-41-38(51)32(48(9)10)17-24(3)57-41/h12-16,23-26,32,34-35,38-39,41,51,53H,11,17-22H2,1-10H3,(H2,44,46)/b45-31?,47-28-/t23-,24-,25+,26-,32+,34+,35+,38-,39-,41+,42-,43-/m1/s1. The third-order valence-electron chi connectivity index (χ3n) is 11.9. The number of aromatic nitrogens is 1. The number of Topliss-reactive ketones (excluding diaryl/α,β-unsaturated/α-hetero) is 1. The van der Waals surface area contributed by atoms with E-state index in [0.717, 1.165) is 15.4 Å². The minimum Gasteiger partial charge on any atom is -0.459 e. The summed E-state index contributed by atoms with van der Waals surface area (Å²) in [6.07, 6.45) is -5.07. The smallest absolute Gasteiger partial charge is 0.316 e. The molecule has 4 N–H and O–H groups in total. The van der Waals surface area contributed by atoms with E-state index in [1.807, 2.05) is 57.1 Å². The fourth-order valence-electron chi connectivity index (χ4n) is 8.39. The second-order valence-corrected chi connectivity index (χ2v) is 18.2. The van der Waals surface area contributed by atoms with E-state index in [0.29, 0.717) is 23.7 Å². The van der Waals surface area contributed by atoms with Gasteiger partial charge < -0.3 is 49.4 Å². The Morgan fingerprint density at radius 2 is 1.85 bits per heavy atom. The number of nitrogens with zero attached hydrogens (tertiary/aromatic N) is 4. The number of aliphatic hydroxyl groups is 2. The number of aliphatic imine (C=N–C) groups is 1. The number of anilines is 1. The molecule has 0 aliphatic carbocycles. The molecule has 2 bridgehead atoms. The van der Waals surface area contributed by atoms with Gasteiger partial charge in [0.05, 0.1) is 47.7 Å². The largest absolute Gasteiger partial charge is 0.459 e. The molecule has 3 fully saturated rings. The number of carbonyl (C=O) groups is 3. The molecule has 2 aromatic rings. The molecule has 0 spiro atoms. The maximum atomic E-state index is 14.5. The molecule has 0 saturated carbocycles. The second-order valence-electron chi connectivity index (χ2n) is 17.1. The van der Waals surface area contributed by atoms with E-state index in [2.05, 4.69) is 15.1 Å². The molecule has 5 rings (SSSR count). The molecule has 16 nitrogen and oxygen atoms in total. The van der Waals surface area contributed by atoms with E-state index in [-0.39, 0.29) is 51.2 Å². The Morgan fingerprint density at radius 3 is 2.52 bits per heavy atom. The summed E-state index contributed by atoms with van der Waals surface area (Å²) in [6, 6.07) is 8.95. The lowest BCUT2D eigenvalue weighted by molar-refractivity contribution is -0.296. The van der Waals surface area contributed by atoms with Crippen molar-refractivity contribution in [3.8, 4) is 10.6 Å². The molecule has 0 aromatic carbocycles. The lowest BCUT2D eigenvalue weighted by Gasteiger charge is -2.47. The van der Waals surface area contributed by atoms with Gasteiger partial charge in [0, 0.05) is 35.9 Å². The van der Waals surface area contributed by atoms with Crippen LogP contribution in [0, 0.1) is 17.8 Å². The van der Waals surface area contributed by atoms with Crippen LogP contribution in [0.3, 0.4) is 0 Å². The molecular weight excluding hydrogens is 795 g/mol. The number of nitrogens with two attached hydrogens (primary N) is 1. The molecule has 0 radical (unpaired) electrons. The average Bonchev–Trinajstić information content (AvgIpc) is 3.66. The van der Waals surface area contributed by atoms with E-state index in [9.17, 15) is 24.6 Å². The topological polar surface area (TPSA) is 214 Å². The van der Waals surface area contributed by atoms with Crippen LogP contribution >= 0.6 is 11.3 Å². The number of aliphatic hydroxyl groups excluding tert-OH is 1. The zero-order valence-corrected chi connectivity index (χ0v) is 37.3. The quantitative estimate of drug-likeness (QED) is 0.188. The van der Waals surface area contributed by atoms with Gasteiger partial charge in [0.25, 0.3) is 0 Å². The van der Waals surface area contributed by atoms with Gasteiger partial charge >= 0.3 is 5.97 Å². The van der Waals surface area contributed by atoms with Crippen LogP contribution in [0.2, 0.25) is 0 Å². The third-order valence-corrected chi connectivity index (χ3v) is 12.9. The first kappa shape index (κ1) is 47.4. The molecule has 60 heavy (non-hydrogen) atoms. The number of cyclic esters (lactones) is 1. The van der Waals surface area contributed by atoms with Crippen LogP contribution in [0.15, 0.2) is 40.5 Å². The highest BCUT2D eigenvalue weighted by atomic mass is 32.1. The summed E-state index contributed by atoms with van der Waals surface area (Å²) >= 11 is 1.48. The van der Waals surface area contributed by atoms with Crippen LogP contribution in [0.4, 0.5) is 5.82 Å². The molecule has 3 saturated heterocycles. The zero-order chi connectivity index (χ0) is 44.1. The highest BCUT2D eigenvalue weighted by molar-refractivity contribution is 7.15. The summed E-state index contributed by atoms with van der Waals surface area (Å²) in [6.45, 7) is 13.0. The van der Waals surface area contributed by atoms with Gasteiger partial charge in [-0.15, -0.1) is 11.3 Å². The summed E-state index contributed by atoms with van der Waals surface area (Å²) in [4.78, 5) is 59.4. The summed E-state index contributed by atoms with van der Waals surface area (Å²) in [5, 5.41) is 28.4. The number of hydrogen-bond acceptors (Lipinski definition) is 16. The Labute approximate surface area is 356 Å². The Kier molecular flexibility index (Phi) is 15.8. The molecular formula is C43H63N5O11S. The molecule has 1 amide bonds. The van der Waals surface area contributed by atoms with E-state index in [4.69, 9.17) is 34.3 Å². The fraction of sp³-hybridized carbons (Fsp3) is 0.674. The van der Waals surface area contributed by atoms with Gasteiger partial charge in [-0.2, -0.15) is 0 Å². The Hall–Kier alpha value is -3.68. The number of likely N-dealkylation sites (N-methyl/N-ethyl adjacent to an activating group) is 1. The predicted molar refractivity (Wildman–Crippen MR) is 226 cm³/mol. The minimum absolute atomic E-state index is 0.0237. The lowest BCUT2D eigenvalue weighted by Crippen LogP contribution is -2.59. The molecule has 332 valence electrons. The number of hydrogen-bond donors (Lipinski definition) is 3. The van der Waals surface area contributed by atoms with Crippen LogP contribution in [0.25, 0.3) is 10.6 Å². The first-order valence-corrected chi connectivity index (χ1v) is 21.5. The Bertz CT molecular complexity index is 1890. The van der Waals surface area contributed by atoms with Crippen LogP contribution in [0.1, 0.15) is 86.0 Å². The molecule has 5 heterocycles. The van der Waals surface area contributed by atoms with Gasteiger partial charge in [0.2, 0.25) is 5.91 Å². The number of ketones is 1. The maximum Gasteiger partial charge on any atom is 0.316 e. The van der Waals surface area contributed by atoms with Crippen molar-refractivity contribution in [2.45, 2.75) is 142 Å². The van der Waals surface area contributed by atoms with Crippen molar-refractivity contribution in [3.63, 3.8) is 0 Å². The number of thiophene rings is 1. The number of ether oxygens (including phenoxy) is 5. The predicted octanol–water partition coefficient (Wildman–Crippen LogP) is 4.58. The number of rotatable bonds is 8. The molecule has 2 aromatic heterocycles. The third kappa shape index (κ3) is 11.2. The van der Waals surface area contributed by atoms with E-state index in [1.165, 1.54) is 32.1 Å². The Balaban J connectivity index is 1.61. The monoisotopic (exact) mass is 857 g/mol. The highest BCUT2D eigenvalue weighted by Gasteiger charge is 2.51. The van der Waals surface area contributed by atoms with Crippen molar-refractivity contribution in [1.82, 2.24) is 9.88 Å². The van der Waals surface area contributed by atoms with Gasteiger partial charge in [-0.1, -0.05) is 32.0 Å². The van der Waals surface area contributed by atoms with Crippen molar-refractivity contribution in [2.24, 2.45) is 27.9 Å². The fourth-order valence-corrected chi connectivity index (χ4v) is 9.27. The van der Waals surface area contributed by atoms with Gasteiger partial charge in [0.15, 0.2) is 18.7 Å². The van der Waals surface area contributed by atoms with E-state index in [1.54, 1.807) is 26.8 Å².